The fraction of sp³-hybridized carbons (Fsp3) is 0.250. The zero-order valence-electron chi connectivity index (χ0n) is 9.07. The second kappa shape index (κ2) is 3.77. The van der Waals surface area contributed by atoms with Gasteiger partial charge in [0, 0.05) is 30.9 Å². The molecule has 15 heavy (non-hydrogen) atoms. The number of nitrogens with zero attached hydrogens (tertiary/aromatic N) is 2. The Kier molecular flexibility index (Phi) is 2.46. The highest BCUT2D eigenvalue weighted by Gasteiger charge is 2.06. The normalized spacial score (nSPS) is 10.5. The molecule has 1 aromatic heterocycles. The van der Waals surface area contributed by atoms with Gasteiger partial charge in [-0.15, -0.1) is 0 Å². The highest BCUT2D eigenvalue weighted by atomic mass is 15.1. The smallest absolute Gasteiger partial charge is 0.0951 e. The van der Waals surface area contributed by atoms with Crippen molar-refractivity contribution in [1.82, 2.24) is 4.98 Å². The number of pyridine rings is 1. The second-order valence-corrected chi connectivity index (χ2v) is 3.59. The minimum atomic E-state index is 0.735. The number of para-hydroxylation sites is 1. The number of nitrogen functional groups attached to an aromatic ring is 1. The molecule has 0 radical (unpaired) electrons. The van der Waals surface area contributed by atoms with Crippen LogP contribution in [0.5, 0.6) is 0 Å². The molecule has 0 aliphatic carbocycles. The van der Waals surface area contributed by atoms with Crippen molar-refractivity contribution in [3.05, 3.63) is 30.5 Å². The number of nitrogens with two attached hydrogens (primary N) is 1. The van der Waals surface area contributed by atoms with Crippen LogP contribution >= 0.6 is 0 Å². The monoisotopic (exact) mass is 201 g/mol. The van der Waals surface area contributed by atoms with Gasteiger partial charge in [0.05, 0.1) is 11.2 Å². The number of anilines is 2. The fourth-order valence-corrected chi connectivity index (χ4v) is 1.69. The van der Waals surface area contributed by atoms with E-state index >= 15 is 0 Å². The summed E-state index contributed by atoms with van der Waals surface area (Å²) in [5.41, 5.74) is 8.68. The largest absolute Gasteiger partial charge is 0.397 e. The Morgan fingerprint density at radius 1 is 1.33 bits per heavy atom. The van der Waals surface area contributed by atoms with Crippen LogP contribution in [-0.2, 0) is 0 Å². The molecule has 0 atom stereocenters. The molecule has 0 spiro atoms. The van der Waals surface area contributed by atoms with Crippen LogP contribution in [0.15, 0.2) is 30.5 Å². The third kappa shape index (κ3) is 1.61. The molecule has 3 nitrogen and oxygen atoms in total. The number of aromatic nitrogens is 1. The topological polar surface area (TPSA) is 42.2 Å². The van der Waals surface area contributed by atoms with E-state index in [9.17, 15) is 0 Å². The number of hydrogen-bond acceptors (Lipinski definition) is 3. The van der Waals surface area contributed by atoms with Crippen molar-refractivity contribution in [3.63, 3.8) is 0 Å². The van der Waals surface area contributed by atoms with Crippen molar-refractivity contribution < 1.29 is 0 Å². The molecule has 2 rings (SSSR count). The first-order valence-corrected chi connectivity index (χ1v) is 5.08. The van der Waals surface area contributed by atoms with Crippen LogP contribution in [0.4, 0.5) is 11.4 Å². The molecule has 3 heteroatoms. The van der Waals surface area contributed by atoms with E-state index in [-0.39, 0.29) is 0 Å². The molecular formula is C12H15N3. The third-order valence-corrected chi connectivity index (χ3v) is 2.66. The van der Waals surface area contributed by atoms with Gasteiger partial charge in [0.1, 0.15) is 0 Å². The van der Waals surface area contributed by atoms with Crippen molar-refractivity contribution in [1.29, 1.82) is 0 Å². The summed E-state index contributed by atoms with van der Waals surface area (Å²) in [7, 11) is 2.07. The van der Waals surface area contributed by atoms with Crippen LogP contribution in [0.3, 0.4) is 0 Å². The molecule has 2 aromatic rings. The van der Waals surface area contributed by atoms with Gasteiger partial charge in [-0.25, -0.2) is 0 Å². The van der Waals surface area contributed by atoms with Gasteiger partial charge in [-0.2, -0.15) is 0 Å². The lowest BCUT2D eigenvalue weighted by Gasteiger charge is -2.18. The average Bonchev–Trinajstić information content (AvgIpc) is 2.28. The maximum absolute atomic E-state index is 5.89. The maximum Gasteiger partial charge on any atom is 0.0951 e. The predicted molar refractivity (Wildman–Crippen MR) is 65.1 cm³/mol. The number of fused-ring (bicyclic) bond motifs is 1. The lowest BCUT2D eigenvalue weighted by Crippen LogP contribution is -2.16. The Morgan fingerprint density at radius 3 is 2.87 bits per heavy atom. The van der Waals surface area contributed by atoms with E-state index < -0.39 is 0 Å². The Balaban J connectivity index is 2.71. The Bertz CT molecular complexity index is 479. The lowest BCUT2D eigenvalue weighted by atomic mass is 10.1. The van der Waals surface area contributed by atoms with Crippen LogP contribution in [-0.4, -0.2) is 18.6 Å². The van der Waals surface area contributed by atoms with E-state index in [4.69, 9.17) is 5.73 Å². The van der Waals surface area contributed by atoms with Gasteiger partial charge in [-0.3, -0.25) is 4.98 Å². The van der Waals surface area contributed by atoms with Gasteiger partial charge in [0.15, 0.2) is 0 Å². The van der Waals surface area contributed by atoms with Crippen LogP contribution < -0.4 is 10.6 Å². The first-order valence-electron chi connectivity index (χ1n) is 5.08. The zero-order chi connectivity index (χ0) is 10.8. The second-order valence-electron chi connectivity index (χ2n) is 3.59. The van der Waals surface area contributed by atoms with Gasteiger partial charge in [-0.1, -0.05) is 12.1 Å². The van der Waals surface area contributed by atoms with Crippen LogP contribution in [0.1, 0.15) is 6.92 Å². The Hall–Kier alpha value is -1.77. The quantitative estimate of drug-likeness (QED) is 0.758. The summed E-state index contributed by atoms with van der Waals surface area (Å²) >= 11 is 0. The fourth-order valence-electron chi connectivity index (χ4n) is 1.69. The average molecular weight is 201 g/mol. The standard InChI is InChI=1S/C12H15N3/c1-3-15(2)11-7-8-14-12-9(11)5-4-6-10(12)13/h4-8H,3,13H2,1-2H3. The molecule has 0 amide bonds. The molecular weight excluding hydrogens is 186 g/mol. The van der Waals surface area contributed by atoms with Gasteiger partial charge in [0.2, 0.25) is 0 Å². The first kappa shape index (κ1) is 9.77. The number of rotatable bonds is 2. The Labute approximate surface area is 89.5 Å². The third-order valence-electron chi connectivity index (χ3n) is 2.66. The first-order chi connectivity index (χ1) is 7.24. The molecule has 0 bridgehead atoms. The van der Waals surface area contributed by atoms with Crippen LogP contribution in [0, 0.1) is 0 Å². The molecule has 0 saturated carbocycles. The summed E-state index contributed by atoms with van der Waals surface area (Å²) in [6.45, 7) is 3.09. The minimum Gasteiger partial charge on any atom is -0.397 e. The molecule has 78 valence electrons. The molecule has 0 aliphatic heterocycles. The maximum atomic E-state index is 5.89. The van der Waals surface area contributed by atoms with E-state index in [0.717, 1.165) is 23.1 Å². The summed E-state index contributed by atoms with van der Waals surface area (Å²) < 4.78 is 0. The molecule has 0 aliphatic rings. The summed E-state index contributed by atoms with van der Waals surface area (Å²) in [5, 5.41) is 1.11. The van der Waals surface area contributed by atoms with Crippen molar-refractivity contribution in [3.8, 4) is 0 Å². The van der Waals surface area contributed by atoms with Crippen molar-refractivity contribution >= 4 is 22.3 Å². The van der Waals surface area contributed by atoms with Crippen molar-refractivity contribution in [2.75, 3.05) is 24.2 Å². The molecule has 0 unspecified atom stereocenters. The highest BCUT2D eigenvalue weighted by Crippen LogP contribution is 2.27. The van der Waals surface area contributed by atoms with Crippen molar-refractivity contribution in [2.24, 2.45) is 0 Å². The summed E-state index contributed by atoms with van der Waals surface area (Å²) in [4.78, 5) is 6.49. The van der Waals surface area contributed by atoms with E-state index in [1.165, 1.54) is 5.69 Å². The molecule has 0 saturated heterocycles. The van der Waals surface area contributed by atoms with Gasteiger partial charge >= 0.3 is 0 Å². The molecule has 0 fully saturated rings. The number of hydrogen-bond donors (Lipinski definition) is 1. The summed E-state index contributed by atoms with van der Waals surface area (Å²) in [6.07, 6.45) is 1.81. The highest BCUT2D eigenvalue weighted by molar-refractivity contribution is 5.97. The summed E-state index contributed by atoms with van der Waals surface area (Å²) in [5.74, 6) is 0. The van der Waals surface area contributed by atoms with Crippen LogP contribution in [0.25, 0.3) is 10.9 Å². The van der Waals surface area contributed by atoms with Gasteiger partial charge < -0.3 is 10.6 Å². The zero-order valence-corrected chi connectivity index (χ0v) is 9.07. The van der Waals surface area contributed by atoms with E-state index in [1.807, 2.05) is 18.2 Å². The molecule has 1 heterocycles. The predicted octanol–water partition coefficient (Wildman–Crippen LogP) is 2.27. The van der Waals surface area contributed by atoms with Gasteiger partial charge in [-0.05, 0) is 19.1 Å². The lowest BCUT2D eigenvalue weighted by molar-refractivity contribution is 0.972. The minimum absolute atomic E-state index is 0.735. The van der Waals surface area contributed by atoms with Crippen molar-refractivity contribution in [2.45, 2.75) is 6.92 Å². The number of benzene rings is 1. The van der Waals surface area contributed by atoms with E-state index in [0.29, 0.717) is 0 Å². The molecule has 2 N–H and O–H groups in total. The Morgan fingerprint density at radius 2 is 2.13 bits per heavy atom. The SMILES string of the molecule is CCN(C)c1ccnc2c(N)cccc12. The van der Waals surface area contributed by atoms with Crippen LogP contribution in [0.2, 0.25) is 0 Å². The molecule has 1 aromatic carbocycles. The summed E-state index contributed by atoms with van der Waals surface area (Å²) in [6, 6.07) is 7.92. The van der Waals surface area contributed by atoms with E-state index in [1.54, 1.807) is 6.20 Å². The van der Waals surface area contributed by atoms with Gasteiger partial charge in [0.25, 0.3) is 0 Å². The van der Waals surface area contributed by atoms with E-state index in [2.05, 4.69) is 29.9 Å².